The molecule has 0 saturated heterocycles. The van der Waals surface area contributed by atoms with Crippen LogP contribution in [-0.4, -0.2) is 25.8 Å². The zero-order chi connectivity index (χ0) is 19.0. The van der Waals surface area contributed by atoms with Gasteiger partial charge in [-0.25, -0.2) is 8.42 Å². The van der Waals surface area contributed by atoms with E-state index in [0.29, 0.717) is 23.0 Å². The lowest BCUT2D eigenvalue weighted by Gasteiger charge is -2.33. The third kappa shape index (κ3) is 3.75. The first kappa shape index (κ1) is 18.5. The molecule has 4 rings (SSSR count). The molecule has 1 aromatic heterocycles. The maximum absolute atomic E-state index is 12.8. The van der Waals surface area contributed by atoms with Gasteiger partial charge in [0.2, 0.25) is 5.91 Å². The molecule has 1 aliphatic carbocycles. The summed E-state index contributed by atoms with van der Waals surface area (Å²) in [5.41, 5.74) is 2.71. The van der Waals surface area contributed by atoms with E-state index in [1.807, 2.05) is 17.0 Å². The molecule has 1 amide bonds. The Morgan fingerprint density at radius 1 is 1.26 bits per heavy atom. The van der Waals surface area contributed by atoms with Crippen LogP contribution in [0.2, 0.25) is 0 Å². The third-order valence-corrected chi connectivity index (χ3v) is 8.58. The van der Waals surface area contributed by atoms with Crippen LogP contribution >= 0.6 is 11.3 Å². The fourth-order valence-electron chi connectivity index (χ4n) is 3.55. The predicted octanol–water partition coefficient (Wildman–Crippen LogP) is 3.80. The molecule has 0 atom stereocenters. The summed E-state index contributed by atoms with van der Waals surface area (Å²) in [5, 5.41) is 0. The summed E-state index contributed by atoms with van der Waals surface area (Å²) >= 11 is 1.32. The average Bonchev–Trinajstić information content (AvgIpc) is 3.05. The van der Waals surface area contributed by atoms with Crippen LogP contribution in [0, 0.1) is 5.92 Å². The third-order valence-electron chi connectivity index (χ3n) is 5.49. The van der Waals surface area contributed by atoms with Gasteiger partial charge in [-0.3, -0.25) is 9.52 Å². The van der Waals surface area contributed by atoms with Gasteiger partial charge in [0.25, 0.3) is 10.0 Å². The smallest absolute Gasteiger partial charge is 0.271 e. The van der Waals surface area contributed by atoms with Gasteiger partial charge in [0.15, 0.2) is 0 Å². The summed E-state index contributed by atoms with van der Waals surface area (Å²) in [5.74, 6) is 0.415. The summed E-state index contributed by atoms with van der Waals surface area (Å²) in [6.07, 6.45) is 4.78. The second kappa shape index (κ2) is 7.28. The largest absolute Gasteiger partial charge is 0.338 e. The van der Waals surface area contributed by atoms with Crippen LogP contribution < -0.4 is 4.72 Å². The highest BCUT2D eigenvalue weighted by molar-refractivity contribution is 7.94. The average molecular weight is 405 g/mol. The molecule has 5 nitrogen and oxygen atoms in total. The van der Waals surface area contributed by atoms with Gasteiger partial charge in [0.1, 0.15) is 4.21 Å². The van der Waals surface area contributed by atoms with Crippen molar-refractivity contribution in [1.29, 1.82) is 0 Å². The lowest BCUT2D eigenvalue weighted by molar-refractivity contribution is -0.139. The van der Waals surface area contributed by atoms with Gasteiger partial charge < -0.3 is 4.90 Å². The van der Waals surface area contributed by atoms with E-state index in [-0.39, 0.29) is 11.8 Å². The van der Waals surface area contributed by atoms with E-state index in [2.05, 4.69) is 11.6 Å². The Bertz CT molecular complexity index is 944. The zero-order valence-corrected chi connectivity index (χ0v) is 17.0. The van der Waals surface area contributed by atoms with E-state index < -0.39 is 10.0 Å². The molecular weight excluding hydrogens is 380 g/mol. The highest BCUT2D eigenvalue weighted by atomic mass is 32.2. The topological polar surface area (TPSA) is 66.5 Å². The summed E-state index contributed by atoms with van der Waals surface area (Å²) in [7, 11) is -3.61. The van der Waals surface area contributed by atoms with Crippen molar-refractivity contribution in [3.05, 3.63) is 46.3 Å². The number of carbonyl (C=O) groups excluding carboxylic acids is 1. The molecule has 7 heteroatoms. The van der Waals surface area contributed by atoms with Crippen LogP contribution in [0.15, 0.2) is 34.5 Å². The van der Waals surface area contributed by atoms with Crippen molar-refractivity contribution < 1.29 is 13.2 Å². The number of aryl methyl sites for hydroxylation is 1. The van der Waals surface area contributed by atoms with Crippen molar-refractivity contribution in [2.45, 2.75) is 49.8 Å². The van der Waals surface area contributed by atoms with E-state index in [1.165, 1.54) is 16.9 Å². The molecule has 1 N–H and O–H groups in total. The number of thiophene rings is 1. The minimum Gasteiger partial charge on any atom is -0.338 e. The van der Waals surface area contributed by atoms with E-state index in [0.717, 1.165) is 42.5 Å². The van der Waals surface area contributed by atoms with Crippen LogP contribution in [0.25, 0.3) is 0 Å². The Labute approximate surface area is 164 Å². The lowest BCUT2D eigenvalue weighted by Crippen LogP contribution is -2.41. The number of benzene rings is 1. The number of carbonyl (C=O) groups is 1. The van der Waals surface area contributed by atoms with Gasteiger partial charge >= 0.3 is 0 Å². The molecular formula is C20H24N2O3S2. The number of amides is 1. The molecule has 0 unspecified atom stereocenters. The van der Waals surface area contributed by atoms with Gasteiger partial charge in [0, 0.05) is 29.6 Å². The van der Waals surface area contributed by atoms with Crippen molar-refractivity contribution in [2.24, 2.45) is 5.92 Å². The zero-order valence-electron chi connectivity index (χ0n) is 15.4. The van der Waals surface area contributed by atoms with Crippen molar-refractivity contribution in [3.63, 3.8) is 0 Å². The van der Waals surface area contributed by atoms with Gasteiger partial charge in [-0.2, -0.15) is 0 Å². The van der Waals surface area contributed by atoms with Crippen molar-refractivity contribution in [1.82, 2.24) is 4.90 Å². The van der Waals surface area contributed by atoms with E-state index in [4.69, 9.17) is 0 Å². The fourth-order valence-corrected chi connectivity index (χ4v) is 6.16. The first-order valence-corrected chi connectivity index (χ1v) is 11.8. The minimum atomic E-state index is -3.61. The second-order valence-electron chi connectivity index (χ2n) is 7.31. The van der Waals surface area contributed by atoms with Crippen LogP contribution in [0.5, 0.6) is 0 Å². The highest BCUT2D eigenvalue weighted by Crippen LogP contribution is 2.34. The quantitative estimate of drug-likeness (QED) is 0.824. The minimum absolute atomic E-state index is 0.182. The summed E-state index contributed by atoms with van der Waals surface area (Å²) < 4.78 is 28.5. The Balaban J connectivity index is 1.49. The number of hydrogen-bond acceptors (Lipinski definition) is 4. The molecule has 0 radical (unpaired) electrons. The number of rotatable bonds is 5. The van der Waals surface area contributed by atoms with Crippen molar-refractivity contribution in [3.8, 4) is 0 Å². The van der Waals surface area contributed by atoms with E-state index in [1.54, 1.807) is 18.2 Å². The molecule has 1 aliphatic heterocycles. The summed E-state index contributed by atoms with van der Waals surface area (Å²) in [4.78, 5) is 15.5. The Hall–Kier alpha value is -1.86. The summed E-state index contributed by atoms with van der Waals surface area (Å²) in [6, 6.07) is 9.19. The number of sulfonamides is 1. The van der Waals surface area contributed by atoms with Gasteiger partial charge in [-0.15, -0.1) is 11.3 Å². The maximum atomic E-state index is 12.8. The van der Waals surface area contributed by atoms with Gasteiger partial charge in [-0.1, -0.05) is 25.5 Å². The summed E-state index contributed by atoms with van der Waals surface area (Å²) in [6.45, 7) is 3.28. The van der Waals surface area contributed by atoms with Crippen LogP contribution in [-0.2, 0) is 34.2 Å². The van der Waals surface area contributed by atoms with Crippen LogP contribution in [0.1, 0.15) is 42.2 Å². The molecule has 0 bridgehead atoms. The molecule has 1 fully saturated rings. The van der Waals surface area contributed by atoms with Crippen molar-refractivity contribution >= 4 is 33.0 Å². The molecule has 144 valence electrons. The first-order chi connectivity index (χ1) is 13.0. The van der Waals surface area contributed by atoms with Crippen LogP contribution in [0.3, 0.4) is 0 Å². The number of nitrogens with one attached hydrogen (secondary N) is 1. The SMILES string of the molecule is CCc1ccc(NS(=O)(=O)c2cc3c(s2)CCN(C(=O)C2CCC2)C3)cc1. The number of nitrogens with zero attached hydrogens (tertiary/aromatic N) is 1. The number of fused-ring (bicyclic) bond motifs is 1. The number of hydrogen-bond donors (Lipinski definition) is 1. The Morgan fingerprint density at radius 2 is 2.00 bits per heavy atom. The molecule has 1 aromatic carbocycles. The lowest BCUT2D eigenvalue weighted by atomic mass is 9.84. The van der Waals surface area contributed by atoms with Crippen molar-refractivity contribution in [2.75, 3.05) is 11.3 Å². The maximum Gasteiger partial charge on any atom is 0.271 e. The number of anilines is 1. The molecule has 2 heterocycles. The predicted molar refractivity (Wildman–Crippen MR) is 107 cm³/mol. The molecule has 1 saturated carbocycles. The molecule has 2 aromatic rings. The fraction of sp³-hybridized carbons (Fsp3) is 0.450. The Morgan fingerprint density at radius 3 is 2.63 bits per heavy atom. The second-order valence-corrected chi connectivity index (χ2v) is 10.4. The molecule has 0 spiro atoms. The van der Waals surface area contributed by atoms with Gasteiger partial charge in [-0.05, 0) is 55.0 Å². The normalized spacial score (nSPS) is 17.3. The first-order valence-electron chi connectivity index (χ1n) is 9.48. The van der Waals surface area contributed by atoms with Gasteiger partial charge in [0.05, 0.1) is 0 Å². The monoisotopic (exact) mass is 404 g/mol. The Kier molecular flexibility index (Phi) is 4.99. The van der Waals surface area contributed by atoms with E-state index >= 15 is 0 Å². The van der Waals surface area contributed by atoms with E-state index in [9.17, 15) is 13.2 Å². The molecule has 27 heavy (non-hydrogen) atoms. The molecule has 2 aliphatic rings. The van der Waals surface area contributed by atoms with Crippen LogP contribution in [0.4, 0.5) is 5.69 Å². The standard InChI is InChI=1S/C20H24N2O3S2/c1-2-14-6-8-17(9-7-14)21-27(24,25)19-12-16-13-22(11-10-18(16)26-19)20(23)15-4-3-5-15/h6-9,12,15,21H,2-5,10-11,13H2,1H3. The highest BCUT2D eigenvalue weighted by Gasteiger charge is 2.32.